The Morgan fingerprint density at radius 2 is 1.88 bits per heavy atom. The number of nitrogens with zero attached hydrogens (tertiary/aromatic N) is 5. The number of anilines is 1. The fraction of sp³-hybridized carbons (Fsp3) is 0.235. The maximum atomic E-state index is 10.9. The largest absolute Gasteiger partial charge is 0.373 e. The van der Waals surface area contributed by atoms with Gasteiger partial charge in [0.1, 0.15) is 0 Å². The van der Waals surface area contributed by atoms with Gasteiger partial charge in [0, 0.05) is 22.8 Å². The highest BCUT2D eigenvalue weighted by Crippen LogP contribution is 2.28. The summed E-state index contributed by atoms with van der Waals surface area (Å²) in [5, 5.41) is 27.0. The first-order valence-corrected chi connectivity index (χ1v) is 8.24. The number of halogens is 1. The lowest BCUT2D eigenvalue weighted by Crippen LogP contribution is -2.32. The van der Waals surface area contributed by atoms with Crippen LogP contribution in [0.1, 0.15) is 25.2 Å². The van der Waals surface area contributed by atoms with E-state index in [0.717, 1.165) is 5.69 Å². The molecule has 0 saturated heterocycles. The van der Waals surface area contributed by atoms with Crippen molar-refractivity contribution in [2.75, 3.05) is 5.32 Å². The number of aromatic nitrogens is 4. The van der Waals surface area contributed by atoms with Crippen LogP contribution in [0.25, 0.3) is 5.69 Å². The monoisotopic (exact) mass is 372 g/mol. The molecule has 0 spiro atoms. The van der Waals surface area contributed by atoms with Crippen LogP contribution >= 0.6 is 11.6 Å². The number of benzene rings is 2. The number of nitro benzene ring substituents is 1. The first-order valence-electron chi connectivity index (χ1n) is 7.86. The molecule has 1 heterocycles. The molecule has 1 aromatic heterocycles. The highest BCUT2D eigenvalue weighted by Gasteiger charge is 2.29. The molecule has 134 valence electrons. The zero-order chi connectivity index (χ0) is 18.9. The Labute approximate surface area is 154 Å². The summed E-state index contributed by atoms with van der Waals surface area (Å²) in [4.78, 5) is 10.5. The van der Waals surface area contributed by atoms with Crippen molar-refractivity contribution < 1.29 is 4.92 Å². The molecule has 0 atom stereocenters. The predicted molar refractivity (Wildman–Crippen MR) is 98.6 cm³/mol. The second-order valence-corrected chi connectivity index (χ2v) is 6.84. The second-order valence-electron chi connectivity index (χ2n) is 6.40. The quantitative estimate of drug-likeness (QED) is 0.539. The van der Waals surface area contributed by atoms with Gasteiger partial charge in [-0.25, -0.2) is 0 Å². The Morgan fingerprint density at radius 1 is 1.19 bits per heavy atom. The van der Waals surface area contributed by atoms with Gasteiger partial charge in [-0.1, -0.05) is 11.6 Å². The molecular formula is C17H17ClN6O2. The van der Waals surface area contributed by atoms with Crippen LogP contribution in [0.4, 0.5) is 11.4 Å². The highest BCUT2D eigenvalue weighted by molar-refractivity contribution is 6.30. The highest BCUT2D eigenvalue weighted by atomic mass is 35.5. The van der Waals surface area contributed by atoms with E-state index in [4.69, 9.17) is 11.6 Å². The predicted octanol–water partition coefficient (Wildman–Crippen LogP) is 3.88. The summed E-state index contributed by atoms with van der Waals surface area (Å²) >= 11 is 5.93. The lowest BCUT2D eigenvalue weighted by atomic mass is 10.0. The van der Waals surface area contributed by atoms with Gasteiger partial charge in [-0.15, -0.1) is 5.10 Å². The van der Waals surface area contributed by atoms with Gasteiger partial charge in [0.2, 0.25) is 0 Å². The standard InChI is InChI=1S/C17H17ClN6O2/c1-11-10-14(24(25)26)8-9-15(11)23-16(20-21-22-23)17(2,3)19-13-6-4-12(18)5-7-13/h4-10,19H,1-3H3. The van der Waals surface area contributed by atoms with Crippen molar-refractivity contribution in [1.82, 2.24) is 20.2 Å². The number of rotatable bonds is 5. The number of aryl methyl sites for hydroxylation is 1. The minimum absolute atomic E-state index is 0.0272. The summed E-state index contributed by atoms with van der Waals surface area (Å²) in [6, 6.07) is 11.9. The van der Waals surface area contributed by atoms with E-state index < -0.39 is 10.5 Å². The summed E-state index contributed by atoms with van der Waals surface area (Å²) in [7, 11) is 0. The summed E-state index contributed by atoms with van der Waals surface area (Å²) in [5.74, 6) is 0.574. The van der Waals surface area contributed by atoms with Crippen LogP contribution in [0.5, 0.6) is 0 Å². The maximum Gasteiger partial charge on any atom is 0.269 e. The van der Waals surface area contributed by atoms with Crippen LogP contribution < -0.4 is 5.32 Å². The van der Waals surface area contributed by atoms with Crippen molar-refractivity contribution in [2.24, 2.45) is 0 Å². The van der Waals surface area contributed by atoms with Crippen molar-refractivity contribution >= 4 is 23.0 Å². The Kier molecular flexibility index (Phi) is 4.60. The van der Waals surface area contributed by atoms with Crippen LogP contribution in [-0.2, 0) is 5.54 Å². The smallest absolute Gasteiger partial charge is 0.269 e. The summed E-state index contributed by atoms with van der Waals surface area (Å²) in [6.45, 7) is 5.68. The molecule has 0 radical (unpaired) electrons. The van der Waals surface area contributed by atoms with Crippen molar-refractivity contribution in [3.8, 4) is 5.69 Å². The van der Waals surface area contributed by atoms with E-state index in [1.165, 1.54) is 12.1 Å². The van der Waals surface area contributed by atoms with Crippen LogP contribution in [0.15, 0.2) is 42.5 Å². The Hall–Kier alpha value is -3.00. The van der Waals surface area contributed by atoms with Gasteiger partial charge in [0.05, 0.1) is 16.1 Å². The first-order chi connectivity index (χ1) is 12.3. The summed E-state index contributed by atoms with van der Waals surface area (Å²) in [5.41, 5.74) is 1.68. The summed E-state index contributed by atoms with van der Waals surface area (Å²) in [6.07, 6.45) is 0. The van der Waals surface area contributed by atoms with Crippen molar-refractivity contribution in [1.29, 1.82) is 0 Å². The van der Waals surface area contributed by atoms with E-state index in [0.29, 0.717) is 22.1 Å². The molecule has 0 saturated carbocycles. The van der Waals surface area contributed by atoms with Gasteiger partial charge < -0.3 is 5.32 Å². The molecule has 3 aromatic rings. The number of tetrazole rings is 1. The molecule has 8 nitrogen and oxygen atoms in total. The van der Waals surface area contributed by atoms with Gasteiger partial charge in [-0.05, 0) is 67.1 Å². The van der Waals surface area contributed by atoms with Gasteiger partial charge >= 0.3 is 0 Å². The summed E-state index contributed by atoms with van der Waals surface area (Å²) < 4.78 is 1.59. The van der Waals surface area contributed by atoms with E-state index in [2.05, 4.69) is 20.8 Å². The normalized spacial score (nSPS) is 11.4. The Bertz CT molecular complexity index is 952. The number of hydrogen-bond acceptors (Lipinski definition) is 6. The molecule has 0 aliphatic heterocycles. The average Bonchev–Trinajstić information content (AvgIpc) is 3.07. The molecule has 1 N–H and O–H groups in total. The molecule has 0 unspecified atom stereocenters. The first kappa shape index (κ1) is 17.8. The third-order valence-corrected chi connectivity index (χ3v) is 4.20. The van der Waals surface area contributed by atoms with Crippen LogP contribution in [0, 0.1) is 17.0 Å². The topological polar surface area (TPSA) is 98.8 Å². The number of nitro groups is 1. The maximum absolute atomic E-state index is 10.9. The molecule has 0 amide bonds. The molecule has 2 aromatic carbocycles. The van der Waals surface area contributed by atoms with E-state index in [9.17, 15) is 10.1 Å². The van der Waals surface area contributed by atoms with Gasteiger partial charge in [-0.2, -0.15) is 4.68 Å². The molecule has 26 heavy (non-hydrogen) atoms. The fourth-order valence-electron chi connectivity index (χ4n) is 2.68. The van der Waals surface area contributed by atoms with Crippen molar-refractivity contribution in [3.63, 3.8) is 0 Å². The molecular weight excluding hydrogens is 356 g/mol. The molecule has 0 fully saturated rings. The minimum atomic E-state index is -0.606. The SMILES string of the molecule is Cc1cc([N+](=O)[O-])ccc1-n1nnnc1C(C)(C)Nc1ccc(Cl)cc1. The van der Waals surface area contributed by atoms with Crippen molar-refractivity contribution in [2.45, 2.75) is 26.3 Å². The second kappa shape index (κ2) is 6.72. The molecule has 0 aliphatic rings. The lowest BCUT2D eigenvalue weighted by Gasteiger charge is -2.26. The van der Waals surface area contributed by atoms with Gasteiger partial charge in [0.15, 0.2) is 5.82 Å². The van der Waals surface area contributed by atoms with Gasteiger partial charge in [0.25, 0.3) is 5.69 Å². The zero-order valence-electron chi connectivity index (χ0n) is 14.5. The molecule has 0 aliphatic carbocycles. The number of hydrogen-bond donors (Lipinski definition) is 1. The van der Waals surface area contributed by atoms with E-state index in [-0.39, 0.29) is 5.69 Å². The average molecular weight is 373 g/mol. The third kappa shape index (κ3) is 3.50. The third-order valence-electron chi connectivity index (χ3n) is 3.95. The van der Waals surface area contributed by atoms with Crippen LogP contribution in [0.3, 0.4) is 0 Å². The van der Waals surface area contributed by atoms with E-state index in [1.807, 2.05) is 26.0 Å². The molecule has 3 rings (SSSR count). The van der Waals surface area contributed by atoms with Gasteiger partial charge in [-0.3, -0.25) is 10.1 Å². The fourth-order valence-corrected chi connectivity index (χ4v) is 2.81. The van der Waals surface area contributed by atoms with E-state index in [1.54, 1.807) is 29.8 Å². The van der Waals surface area contributed by atoms with E-state index >= 15 is 0 Å². The minimum Gasteiger partial charge on any atom is -0.373 e. The molecule has 9 heteroatoms. The lowest BCUT2D eigenvalue weighted by molar-refractivity contribution is -0.384. The van der Waals surface area contributed by atoms with Crippen molar-refractivity contribution in [3.05, 3.63) is 69.0 Å². The number of non-ortho nitro benzene ring substituents is 1. The van der Waals surface area contributed by atoms with Crippen LogP contribution in [-0.4, -0.2) is 25.1 Å². The zero-order valence-corrected chi connectivity index (χ0v) is 15.2. The van der Waals surface area contributed by atoms with Crippen LogP contribution in [0.2, 0.25) is 5.02 Å². The number of nitrogens with one attached hydrogen (secondary N) is 1. The Balaban J connectivity index is 1.97. The molecule has 0 bridgehead atoms. The Morgan fingerprint density at radius 3 is 2.50 bits per heavy atom.